The van der Waals surface area contributed by atoms with Crippen LogP contribution < -0.4 is 15.6 Å². The summed E-state index contributed by atoms with van der Waals surface area (Å²) in [5.74, 6) is 1.05. The Hall–Kier alpha value is -3.39. The van der Waals surface area contributed by atoms with E-state index in [4.69, 9.17) is 4.74 Å². The Morgan fingerprint density at radius 2 is 1.72 bits per heavy atom. The number of nitrogens with one attached hydrogen (secondary N) is 2. The van der Waals surface area contributed by atoms with Gasteiger partial charge in [0, 0.05) is 34.5 Å². The van der Waals surface area contributed by atoms with Crippen molar-refractivity contribution in [1.29, 1.82) is 0 Å². The van der Waals surface area contributed by atoms with Gasteiger partial charge in [0.1, 0.15) is 0 Å². The zero-order valence-electron chi connectivity index (χ0n) is 16.8. The van der Waals surface area contributed by atoms with E-state index in [0.29, 0.717) is 43.9 Å². The zero-order chi connectivity index (χ0) is 22.3. The number of hydrogen-bond donors (Lipinski definition) is 2. The molecule has 0 radical (unpaired) electrons. The normalized spacial score (nSPS) is 13.8. The van der Waals surface area contributed by atoms with Crippen molar-refractivity contribution < 1.29 is 9.66 Å². The summed E-state index contributed by atoms with van der Waals surface area (Å²) in [7, 11) is 0. The molecule has 0 bridgehead atoms. The molecule has 1 aliphatic heterocycles. The number of hydrazone groups is 1. The zero-order valence-corrected chi connectivity index (χ0v) is 19.0. The Balaban J connectivity index is 1.55. The van der Waals surface area contributed by atoms with E-state index in [-0.39, 0.29) is 11.6 Å². The van der Waals surface area contributed by atoms with Crippen LogP contribution in [0.15, 0.2) is 53.6 Å². The number of ether oxygens (including phenoxy) is 1. The van der Waals surface area contributed by atoms with Crippen molar-refractivity contribution in [2.75, 3.05) is 41.9 Å². The monoisotopic (exact) mass is 546 g/mol. The predicted octanol–water partition coefficient (Wildman–Crippen LogP) is 3.41. The highest BCUT2D eigenvalue weighted by Crippen LogP contribution is 2.21. The second-order valence-corrected chi connectivity index (χ2v) is 7.98. The highest BCUT2D eigenvalue weighted by atomic mass is 127. The topological polar surface area (TPSA) is 131 Å². The van der Waals surface area contributed by atoms with Gasteiger partial charge in [-0.1, -0.05) is 12.1 Å². The number of hydrogen-bond acceptors (Lipinski definition) is 10. The van der Waals surface area contributed by atoms with Gasteiger partial charge < -0.3 is 15.0 Å². The highest BCUT2D eigenvalue weighted by molar-refractivity contribution is 14.1. The van der Waals surface area contributed by atoms with E-state index in [2.05, 4.69) is 53.4 Å². The van der Waals surface area contributed by atoms with Crippen LogP contribution in [0, 0.1) is 13.7 Å². The van der Waals surface area contributed by atoms with Gasteiger partial charge in [0.25, 0.3) is 5.69 Å². The maximum atomic E-state index is 10.9. The third-order valence-electron chi connectivity index (χ3n) is 4.50. The number of non-ortho nitro benzene ring substituents is 1. The Bertz CT molecular complexity index is 1100. The van der Waals surface area contributed by atoms with Crippen molar-refractivity contribution in [2.24, 2.45) is 5.10 Å². The van der Waals surface area contributed by atoms with Gasteiger partial charge in [-0.3, -0.25) is 10.1 Å². The molecule has 1 aromatic heterocycles. The van der Waals surface area contributed by atoms with Gasteiger partial charge in [0.05, 0.1) is 24.4 Å². The molecule has 2 heterocycles. The largest absolute Gasteiger partial charge is 0.378 e. The Kier molecular flexibility index (Phi) is 7.01. The average molecular weight is 546 g/mol. The van der Waals surface area contributed by atoms with Crippen LogP contribution >= 0.6 is 22.6 Å². The lowest BCUT2D eigenvalue weighted by Crippen LogP contribution is -2.37. The summed E-state index contributed by atoms with van der Waals surface area (Å²) in [5, 5.41) is 18.2. The first-order valence-electron chi connectivity index (χ1n) is 9.72. The number of rotatable bonds is 7. The van der Waals surface area contributed by atoms with E-state index < -0.39 is 4.92 Å². The van der Waals surface area contributed by atoms with Gasteiger partial charge in [0.2, 0.25) is 17.8 Å². The summed E-state index contributed by atoms with van der Waals surface area (Å²) in [6, 6.07) is 13.9. The first-order chi connectivity index (χ1) is 15.6. The van der Waals surface area contributed by atoms with Gasteiger partial charge in [-0.15, -0.1) is 0 Å². The molecule has 11 nitrogen and oxygen atoms in total. The predicted molar refractivity (Wildman–Crippen MR) is 130 cm³/mol. The van der Waals surface area contributed by atoms with Gasteiger partial charge in [-0.2, -0.15) is 20.1 Å². The van der Waals surface area contributed by atoms with Crippen LogP contribution in [0.3, 0.4) is 0 Å². The second kappa shape index (κ2) is 10.3. The number of benzene rings is 2. The molecule has 0 spiro atoms. The van der Waals surface area contributed by atoms with Gasteiger partial charge in [0.15, 0.2) is 0 Å². The second-order valence-electron chi connectivity index (χ2n) is 6.73. The molecular weight excluding hydrogens is 527 g/mol. The average Bonchev–Trinajstić information content (AvgIpc) is 2.81. The molecule has 4 rings (SSSR count). The first kappa shape index (κ1) is 21.8. The molecule has 1 fully saturated rings. The lowest BCUT2D eigenvalue weighted by molar-refractivity contribution is -0.384. The van der Waals surface area contributed by atoms with Crippen LogP contribution in [-0.4, -0.2) is 52.4 Å². The molecule has 1 aliphatic rings. The fourth-order valence-electron chi connectivity index (χ4n) is 2.88. The van der Waals surface area contributed by atoms with Crippen molar-refractivity contribution in [3.63, 3.8) is 0 Å². The van der Waals surface area contributed by atoms with E-state index >= 15 is 0 Å². The smallest absolute Gasteiger partial charge is 0.269 e. The number of nitrogens with zero attached hydrogens (tertiary/aromatic N) is 6. The van der Waals surface area contributed by atoms with Crippen LogP contribution in [-0.2, 0) is 4.74 Å². The molecule has 1 saturated heterocycles. The minimum atomic E-state index is -0.448. The van der Waals surface area contributed by atoms with E-state index in [1.54, 1.807) is 18.3 Å². The molecule has 0 aliphatic carbocycles. The summed E-state index contributed by atoms with van der Waals surface area (Å²) >= 11 is 2.24. The standard InChI is InChI=1S/C20H19IN8O3/c21-15-3-1-14(2-4-15)13-22-27-19-24-18(23-16-5-7-17(8-6-16)29(30)31)25-20(26-19)28-9-11-32-12-10-28/h1-8,13H,9-12H2,(H2,23,24,25,26,27)/b22-13+. The highest BCUT2D eigenvalue weighted by Gasteiger charge is 2.17. The fraction of sp³-hybridized carbons (Fsp3) is 0.200. The molecule has 164 valence electrons. The van der Waals surface area contributed by atoms with Gasteiger partial charge in [-0.25, -0.2) is 5.43 Å². The van der Waals surface area contributed by atoms with Gasteiger partial charge in [-0.05, 0) is 52.4 Å². The molecule has 0 saturated carbocycles. The summed E-state index contributed by atoms with van der Waals surface area (Å²) < 4.78 is 6.55. The van der Waals surface area contributed by atoms with Crippen LogP contribution in [0.2, 0.25) is 0 Å². The first-order valence-corrected chi connectivity index (χ1v) is 10.8. The Morgan fingerprint density at radius 1 is 1.03 bits per heavy atom. The van der Waals surface area contributed by atoms with E-state index in [1.165, 1.54) is 12.1 Å². The SMILES string of the molecule is O=[N+]([O-])c1ccc(Nc2nc(N/N=C/c3ccc(I)cc3)nc(N3CCOCC3)n2)cc1. The maximum absolute atomic E-state index is 10.9. The Morgan fingerprint density at radius 3 is 2.41 bits per heavy atom. The number of nitro benzene ring substituents is 1. The summed E-state index contributed by atoms with van der Waals surface area (Å²) in [4.78, 5) is 25.8. The third-order valence-corrected chi connectivity index (χ3v) is 5.22. The number of aromatic nitrogens is 3. The molecule has 0 atom stereocenters. The fourth-order valence-corrected chi connectivity index (χ4v) is 3.24. The van der Waals surface area contributed by atoms with Crippen molar-refractivity contribution in [2.45, 2.75) is 0 Å². The quantitative estimate of drug-likeness (QED) is 0.198. The molecule has 0 unspecified atom stereocenters. The summed E-state index contributed by atoms with van der Waals surface area (Å²) in [6.07, 6.45) is 1.68. The molecule has 0 amide bonds. The molecule has 12 heteroatoms. The molecule has 32 heavy (non-hydrogen) atoms. The summed E-state index contributed by atoms with van der Waals surface area (Å²) in [5.41, 5.74) is 4.41. The molecule has 2 N–H and O–H groups in total. The number of morpholine rings is 1. The van der Waals surface area contributed by atoms with Crippen LogP contribution in [0.1, 0.15) is 5.56 Å². The molecular formula is C20H19IN8O3. The van der Waals surface area contributed by atoms with E-state index in [9.17, 15) is 10.1 Å². The number of halogens is 1. The summed E-state index contributed by atoms with van der Waals surface area (Å²) in [6.45, 7) is 2.49. The van der Waals surface area contributed by atoms with Gasteiger partial charge >= 0.3 is 0 Å². The van der Waals surface area contributed by atoms with E-state index in [1.807, 2.05) is 29.2 Å². The maximum Gasteiger partial charge on any atom is 0.269 e. The molecule has 3 aromatic rings. The van der Waals surface area contributed by atoms with Crippen molar-refractivity contribution >= 4 is 58.0 Å². The van der Waals surface area contributed by atoms with Crippen molar-refractivity contribution in [3.05, 3.63) is 67.8 Å². The molecule has 2 aromatic carbocycles. The minimum absolute atomic E-state index is 0.00694. The van der Waals surface area contributed by atoms with Crippen LogP contribution in [0.5, 0.6) is 0 Å². The number of nitro groups is 1. The van der Waals surface area contributed by atoms with Crippen LogP contribution in [0.4, 0.5) is 29.2 Å². The Labute approximate surface area is 197 Å². The van der Waals surface area contributed by atoms with Crippen molar-refractivity contribution in [1.82, 2.24) is 15.0 Å². The minimum Gasteiger partial charge on any atom is -0.378 e. The lowest BCUT2D eigenvalue weighted by Gasteiger charge is -2.27. The van der Waals surface area contributed by atoms with Crippen molar-refractivity contribution in [3.8, 4) is 0 Å². The lowest BCUT2D eigenvalue weighted by atomic mass is 10.2. The van der Waals surface area contributed by atoms with E-state index in [0.717, 1.165) is 9.13 Å². The third kappa shape index (κ3) is 5.85. The number of anilines is 4. The van der Waals surface area contributed by atoms with Crippen LogP contribution in [0.25, 0.3) is 0 Å².